The lowest BCUT2D eigenvalue weighted by Gasteiger charge is -2.33. The van der Waals surface area contributed by atoms with Crippen molar-refractivity contribution < 1.29 is 24.3 Å². The van der Waals surface area contributed by atoms with Gasteiger partial charge in [0.25, 0.3) is 0 Å². The van der Waals surface area contributed by atoms with Crippen LogP contribution in [0.1, 0.15) is 58.4 Å². The maximum absolute atomic E-state index is 13.5. The zero-order valence-electron chi connectivity index (χ0n) is 23.6. The Morgan fingerprint density at radius 1 is 1.07 bits per heavy atom. The summed E-state index contributed by atoms with van der Waals surface area (Å²) in [5, 5.41) is 14.1. The van der Waals surface area contributed by atoms with Crippen LogP contribution in [0.3, 0.4) is 0 Å². The number of hydrogen-bond donors (Lipinski definition) is 4. The molecule has 0 saturated carbocycles. The Balaban J connectivity index is 1.62. The SMILES string of the molecule is Cc1ccccc1N(N)C(=O)N(N)c1ccc(NC(C)(C)C(=O)C2CCCN2C(=O)CCC(C)CC(=O)O)cc1. The molecule has 2 aromatic carbocycles. The van der Waals surface area contributed by atoms with Gasteiger partial charge >= 0.3 is 12.0 Å². The zero-order chi connectivity index (χ0) is 29.6. The zero-order valence-corrected chi connectivity index (χ0v) is 23.6. The van der Waals surface area contributed by atoms with Crippen molar-refractivity contribution >= 4 is 40.8 Å². The van der Waals surface area contributed by atoms with Gasteiger partial charge in [0.1, 0.15) is 0 Å². The van der Waals surface area contributed by atoms with Gasteiger partial charge in [-0.25, -0.2) is 26.5 Å². The second-order valence-electron chi connectivity index (χ2n) is 11.0. The van der Waals surface area contributed by atoms with Crippen LogP contribution in [0.15, 0.2) is 48.5 Å². The highest BCUT2D eigenvalue weighted by molar-refractivity contribution is 6.02. The highest BCUT2D eigenvalue weighted by Gasteiger charge is 2.41. The maximum Gasteiger partial charge on any atom is 0.357 e. The number of nitrogens with zero attached hydrogens (tertiary/aromatic N) is 3. The first-order valence-electron chi connectivity index (χ1n) is 13.4. The number of likely N-dealkylation sites (tertiary alicyclic amines) is 1. The van der Waals surface area contributed by atoms with E-state index in [0.717, 1.165) is 22.0 Å². The number of carboxylic acids is 1. The Morgan fingerprint density at radius 2 is 1.73 bits per heavy atom. The van der Waals surface area contributed by atoms with E-state index >= 15 is 0 Å². The first-order valence-corrected chi connectivity index (χ1v) is 13.4. The van der Waals surface area contributed by atoms with E-state index in [1.165, 1.54) is 0 Å². The molecule has 1 saturated heterocycles. The number of carbonyl (C=O) groups excluding carboxylic acids is 3. The molecule has 0 radical (unpaired) electrons. The van der Waals surface area contributed by atoms with E-state index in [-0.39, 0.29) is 30.4 Å². The lowest BCUT2D eigenvalue weighted by Crippen LogP contribution is -2.52. The summed E-state index contributed by atoms with van der Waals surface area (Å²) in [7, 11) is 0. The quantitative estimate of drug-likeness (QED) is 0.186. The number of urea groups is 1. The summed E-state index contributed by atoms with van der Waals surface area (Å²) in [5.41, 5.74) is 1.44. The average molecular weight is 553 g/mol. The number of aliphatic carboxylic acids is 1. The van der Waals surface area contributed by atoms with Crippen LogP contribution in [0.4, 0.5) is 21.9 Å². The molecule has 40 heavy (non-hydrogen) atoms. The lowest BCUT2D eigenvalue weighted by molar-refractivity contribution is -0.140. The Bertz CT molecular complexity index is 1230. The number of anilines is 3. The normalized spacial score (nSPS) is 15.8. The second kappa shape index (κ2) is 12.9. The van der Waals surface area contributed by atoms with Crippen molar-refractivity contribution in [2.75, 3.05) is 21.9 Å². The number of carboxylic acid groups (broad SMARTS) is 1. The summed E-state index contributed by atoms with van der Waals surface area (Å²) in [6.07, 6.45) is 2.01. The molecule has 0 aromatic heterocycles. The average Bonchev–Trinajstić information content (AvgIpc) is 3.40. The van der Waals surface area contributed by atoms with E-state index in [1.54, 1.807) is 55.1 Å². The van der Waals surface area contributed by atoms with E-state index in [4.69, 9.17) is 16.8 Å². The number of aryl methyl sites for hydroxylation is 1. The molecular weight excluding hydrogens is 512 g/mol. The third-order valence-corrected chi connectivity index (χ3v) is 7.26. The molecule has 3 amide bonds. The van der Waals surface area contributed by atoms with Crippen LogP contribution in [0.5, 0.6) is 0 Å². The minimum atomic E-state index is -0.983. The van der Waals surface area contributed by atoms with Gasteiger partial charge in [-0.05, 0) is 81.8 Å². The summed E-state index contributed by atoms with van der Waals surface area (Å²) >= 11 is 0. The van der Waals surface area contributed by atoms with Crippen LogP contribution in [-0.2, 0) is 14.4 Å². The van der Waals surface area contributed by atoms with Gasteiger partial charge in [-0.15, -0.1) is 0 Å². The van der Waals surface area contributed by atoms with Gasteiger partial charge in [0.05, 0.1) is 23.0 Å². The van der Waals surface area contributed by atoms with Gasteiger partial charge < -0.3 is 15.3 Å². The van der Waals surface area contributed by atoms with Gasteiger partial charge in [0.15, 0.2) is 5.78 Å². The number of para-hydroxylation sites is 1. The summed E-state index contributed by atoms with van der Waals surface area (Å²) < 4.78 is 0. The molecule has 11 nitrogen and oxygen atoms in total. The van der Waals surface area contributed by atoms with Crippen molar-refractivity contribution in [1.29, 1.82) is 0 Å². The molecule has 2 aromatic rings. The number of carbonyl (C=O) groups is 4. The van der Waals surface area contributed by atoms with Crippen molar-refractivity contribution in [1.82, 2.24) is 4.90 Å². The number of nitrogens with one attached hydrogen (secondary N) is 1. The number of ketones is 1. The molecule has 1 aliphatic heterocycles. The van der Waals surface area contributed by atoms with Crippen molar-refractivity contribution in [3.05, 3.63) is 54.1 Å². The van der Waals surface area contributed by atoms with Gasteiger partial charge in [-0.3, -0.25) is 14.4 Å². The molecule has 11 heteroatoms. The fourth-order valence-corrected chi connectivity index (χ4v) is 4.96. The van der Waals surface area contributed by atoms with Crippen molar-refractivity contribution in [2.45, 2.75) is 71.4 Å². The van der Waals surface area contributed by atoms with E-state index in [1.807, 2.05) is 26.0 Å². The van der Waals surface area contributed by atoms with Crippen LogP contribution in [0, 0.1) is 12.8 Å². The Morgan fingerprint density at radius 3 is 2.35 bits per heavy atom. The minimum absolute atomic E-state index is 0.0125. The fourth-order valence-electron chi connectivity index (χ4n) is 4.96. The van der Waals surface area contributed by atoms with Crippen LogP contribution in [0.25, 0.3) is 0 Å². The standard InChI is InChI=1S/C29H40N6O5/c1-19(18-26(37)38)11-16-25(36)33-17-7-10-24(33)27(39)29(3,4)32-21-12-14-22(15-13-21)34(30)28(40)35(31)23-9-6-5-8-20(23)2/h5-6,8-9,12-15,19,24,32H,7,10-11,16-18,30-31H2,1-4H3,(H,37,38). The molecular formula is C29H40N6O5. The maximum atomic E-state index is 13.5. The van der Waals surface area contributed by atoms with Crippen molar-refractivity contribution in [3.63, 3.8) is 0 Å². The van der Waals surface area contributed by atoms with E-state index in [0.29, 0.717) is 36.4 Å². The summed E-state index contributed by atoms with van der Waals surface area (Å²) in [5.74, 6) is 10.9. The molecule has 216 valence electrons. The van der Waals surface area contributed by atoms with Gasteiger partial charge in [0, 0.05) is 25.1 Å². The van der Waals surface area contributed by atoms with E-state index in [9.17, 15) is 19.2 Å². The van der Waals surface area contributed by atoms with Crippen molar-refractivity contribution in [2.24, 2.45) is 17.6 Å². The molecule has 6 N–H and O–H groups in total. The smallest absolute Gasteiger partial charge is 0.357 e. The van der Waals surface area contributed by atoms with E-state index < -0.39 is 23.6 Å². The number of hydrogen-bond acceptors (Lipinski definition) is 7. The highest BCUT2D eigenvalue weighted by atomic mass is 16.4. The van der Waals surface area contributed by atoms with Gasteiger partial charge in [-0.1, -0.05) is 25.1 Å². The highest BCUT2D eigenvalue weighted by Crippen LogP contribution is 2.28. The lowest BCUT2D eigenvalue weighted by atomic mass is 9.91. The monoisotopic (exact) mass is 552 g/mol. The summed E-state index contributed by atoms with van der Waals surface area (Å²) in [6.45, 7) is 7.70. The van der Waals surface area contributed by atoms with Crippen LogP contribution in [0.2, 0.25) is 0 Å². The third-order valence-electron chi connectivity index (χ3n) is 7.26. The summed E-state index contributed by atoms with van der Waals surface area (Å²) in [4.78, 5) is 51.8. The predicted molar refractivity (Wildman–Crippen MR) is 154 cm³/mol. The largest absolute Gasteiger partial charge is 0.481 e. The van der Waals surface area contributed by atoms with Crippen molar-refractivity contribution in [3.8, 4) is 0 Å². The van der Waals surface area contributed by atoms with E-state index in [2.05, 4.69) is 5.32 Å². The number of benzene rings is 2. The molecule has 3 rings (SSSR count). The third kappa shape index (κ3) is 7.36. The van der Waals surface area contributed by atoms with Crippen LogP contribution >= 0.6 is 0 Å². The fraction of sp³-hybridized carbons (Fsp3) is 0.448. The molecule has 1 heterocycles. The number of amides is 3. The van der Waals surface area contributed by atoms with Gasteiger partial charge in [0.2, 0.25) is 5.91 Å². The Kier molecular flexibility index (Phi) is 9.88. The Labute approximate surface area is 235 Å². The number of Topliss-reactive ketones (excluding diaryl/α,β-unsaturated/α-hetero) is 1. The van der Waals surface area contributed by atoms with Crippen LogP contribution < -0.4 is 27.0 Å². The molecule has 1 aliphatic rings. The number of rotatable bonds is 11. The van der Waals surface area contributed by atoms with Gasteiger partial charge in [-0.2, -0.15) is 0 Å². The molecule has 0 aliphatic carbocycles. The first-order chi connectivity index (χ1) is 18.8. The topological polar surface area (TPSA) is 162 Å². The minimum Gasteiger partial charge on any atom is -0.481 e. The molecule has 1 fully saturated rings. The predicted octanol–water partition coefficient (Wildman–Crippen LogP) is 3.82. The molecule has 0 spiro atoms. The second-order valence-corrected chi connectivity index (χ2v) is 11.0. The van der Waals surface area contributed by atoms with Crippen LogP contribution in [-0.4, -0.2) is 51.8 Å². The molecule has 2 atom stereocenters. The number of hydrazine groups is 2. The summed E-state index contributed by atoms with van der Waals surface area (Å²) in [6, 6.07) is 12.8. The molecule has 2 unspecified atom stereocenters. The molecule has 0 bridgehead atoms. The first kappa shape index (κ1) is 30.6. The number of nitrogens with two attached hydrogens (primary N) is 2. The Hall–Kier alpha value is -3.96.